The lowest BCUT2D eigenvalue weighted by molar-refractivity contribution is 0.340. The molecule has 0 atom stereocenters. The van der Waals surface area contributed by atoms with E-state index in [2.05, 4.69) is 10.3 Å². The number of amidine groups is 1. The van der Waals surface area contributed by atoms with Crippen molar-refractivity contribution in [3.05, 3.63) is 0 Å². The molecular formula is C6H14N2O6P2. The van der Waals surface area contributed by atoms with Gasteiger partial charge in [-0.2, -0.15) is 0 Å². The average molecular weight is 272 g/mol. The first-order chi connectivity index (χ1) is 7.21. The number of nitrogens with one attached hydrogen (secondary N) is 1. The van der Waals surface area contributed by atoms with E-state index in [0.717, 1.165) is 12.8 Å². The van der Waals surface area contributed by atoms with Gasteiger partial charge in [0.2, 0.25) is 0 Å². The monoisotopic (exact) mass is 272 g/mol. The Balaban J connectivity index is 2.95. The highest BCUT2D eigenvalue weighted by Crippen LogP contribution is 2.60. The molecule has 10 heteroatoms. The Morgan fingerprint density at radius 3 is 2.06 bits per heavy atom. The first kappa shape index (κ1) is 13.8. The Bertz CT molecular complexity index is 341. The summed E-state index contributed by atoms with van der Waals surface area (Å²) >= 11 is 0. The van der Waals surface area contributed by atoms with E-state index >= 15 is 0 Å². The molecule has 0 saturated carbocycles. The standard InChI is InChI=1S/C6H14N2O6P2/c9-15(10,11)6(16(12,13)14)8-5-3-1-2-4-7-5/h6H,1-4H2,(H,7,8)(H2,9,10,11)(H2,12,13,14). The SMILES string of the molecule is O=P(O)(O)C(N=C1CCCCN1)P(=O)(O)O. The number of nitrogens with zero attached hydrogens (tertiary/aromatic N) is 1. The summed E-state index contributed by atoms with van der Waals surface area (Å²) in [5.41, 5.74) is -2.29. The smallest absolute Gasteiger partial charge is 0.362 e. The lowest BCUT2D eigenvalue weighted by Crippen LogP contribution is -2.30. The second kappa shape index (κ2) is 4.96. The van der Waals surface area contributed by atoms with Crippen molar-refractivity contribution in [1.29, 1.82) is 0 Å². The predicted molar refractivity (Wildman–Crippen MR) is 57.2 cm³/mol. The fraction of sp³-hybridized carbons (Fsp3) is 0.833. The van der Waals surface area contributed by atoms with Crippen molar-refractivity contribution in [3.8, 4) is 0 Å². The van der Waals surface area contributed by atoms with E-state index in [4.69, 9.17) is 19.6 Å². The van der Waals surface area contributed by atoms with Crippen molar-refractivity contribution in [2.24, 2.45) is 4.99 Å². The molecule has 1 heterocycles. The van der Waals surface area contributed by atoms with E-state index in [1.54, 1.807) is 0 Å². The maximum atomic E-state index is 10.9. The Kier molecular flexibility index (Phi) is 4.29. The lowest BCUT2D eigenvalue weighted by atomic mass is 10.1. The molecular weight excluding hydrogens is 258 g/mol. The van der Waals surface area contributed by atoms with Gasteiger partial charge in [-0.3, -0.25) is 9.13 Å². The Hall–Kier alpha value is -0.230. The highest BCUT2D eigenvalue weighted by atomic mass is 31.2. The summed E-state index contributed by atoms with van der Waals surface area (Å²) in [6, 6.07) is 0. The minimum absolute atomic E-state index is 0.239. The van der Waals surface area contributed by atoms with Crippen LogP contribution < -0.4 is 5.32 Å². The van der Waals surface area contributed by atoms with Crippen LogP contribution in [0, 0.1) is 0 Å². The molecule has 0 radical (unpaired) electrons. The molecule has 0 bridgehead atoms. The van der Waals surface area contributed by atoms with Gasteiger partial charge in [0.1, 0.15) is 0 Å². The maximum absolute atomic E-state index is 10.9. The molecule has 0 unspecified atom stereocenters. The summed E-state index contributed by atoms with van der Waals surface area (Å²) < 4.78 is 21.8. The molecule has 1 fully saturated rings. The molecule has 1 aliphatic rings. The molecule has 0 spiro atoms. The van der Waals surface area contributed by atoms with Gasteiger partial charge in [-0.15, -0.1) is 0 Å². The zero-order valence-electron chi connectivity index (χ0n) is 8.35. The number of piperidine rings is 1. The van der Waals surface area contributed by atoms with Gasteiger partial charge in [-0.05, 0) is 12.8 Å². The Morgan fingerprint density at radius 1 is 1.12 bits per heavy atom. The Labute approximate surface area is 92.1 Å². The topological polar surface area (TPSA) is 139 Å². The molecule has 1 aliphatic heterocycles. The lowest BCUT2D eigenvalue weighted by Gasteiger charge is -2.20. The summed E-state index contributed by atoms with van der Waals surface area (Å²) in [4.78, 5) is 38.8. The number of hydrogen-bond acceptors (Lipinski definition) is 3. The minimum Gasteiger partial charge on any atom is -0.374 e. The molecule has 8 nitrogen and oxygen atoms in total. The van der Waals surface area contributed by atoms with Crippen LogP contribution in [0.1, 0.15) is 19.3 Å². The van der Waals surface area contributed by atoms with Crippen molar-refractivity contribution in [2.45, 2.75) is 24.8 Å². The van der Waals surface area contributed by atoms with Gasteiger partial charge in [0.25, 0.3) is 5.52 Å². The molecule has 5 N–H and O–H groups in total. The maximum Gasteiger partial charge on any atom is 0.362 e. The van der Waals surface area contributed by atoms with Crippen LogP contribution in [0.25, 0.3) is 0 Å². The molecule has 0 aromatic heterocycles. The van der Waals surface area contributed by atoms with Crippen LogP contribution in [-0.4, -0.2) is 37.5 Å². The van der Waals surface area contributed by atoms with Crippen molar-refractivity contribution < 1.29 is 28.7 Å². The number of rotatable bonds is 3. The van der Waals surface area contributed by atoms with Crippen molar-refractivity contribution in [2.75, 3.05) is 6.54 Å². The third kappa shape index (κ3) is 3.97. The van der Waals surface area contributed by atoms with Crippen LogP contribution in [0.15, 0.2) is 4.99 Å². The van der Waals surface area contributed by atoms with Gasteiger partial charge in [0, 0.05) is 13.0 Å². The van der Waals surface area contributed by atoms with E-state index in [0.29, 0.717) is 13.0 Å². The van der Waals surface area contributed by atoms with E-state index in [1.807, 2.05) is 0 Å². The first-order valence-electron chi connectivity index (χ1n) is 4.62. The molecule has 0 aromatic carbocycles. The first-order valence-corrected chi connectivity index (χ1v) is 7.98. The summed E-state index contributed by atoms with van der Waals surface area (Å²) in [6.07, 6.45) is 2.12. The largest absolute Gasteiger partial charge is 0.374 e. The van der Waals surface area contributed by atoms with E-state index in [9.17, 15) is 9.13 Å². The van der Waals surface area contributed by atoms with Crippen LogP contribution in [0.2, 0.25) is 0 Å². The average Bonchev–Trinajstić information content (AvgIpc) is 2.12. The fourth-order valence-electron chi connectivity index (χ4n) is 1.33. The second-order valence-corrected chi connectivity index (χ2v) is 7.23. The summed E-state index contributed by atoms with van der Waals surface area (Å²) in [5, 5.41) is 2.76. The minimum atomic E-state index is -4.95. The highest BCUT2D eigenvalue weighted by Gasteiger charge is 2.43. The molecule has 1 rings (SSSR count). The summed E-state index contributed by atoms with van der Waals surface area (Å²) in [6.45, 7) is 0.591. The quantitative estimate of drug-likeness (QED) is 0.448. The predicted octanol–water partition coefficient (Wildman–Crippen LogP) is -0.203. The molecule has 0 aromatic rings. The molecule has 0 aliphatic carbocycles. The molecule has 0 amide bonds. The second-order valence-electron chi connectivity index (χ2n) is 3.48. The van der Waals surface area contributed by atoms with Gasteiger partial charge in [0.05, 0.1) is 5.84 Å². The van der Waals surface area contributed by atoms with Crippen molar-refractivity contribution >= 4 is 21.0 Å². The molecule has 94 valence electrons. The summed E-state index contributed by atoms with van der Waals surface area (Å²) in [5.74, 6) is 0.239. The van der Waals surface area contributed by atoms with Crippen LogP contribution >= 0.6 is 15.2 Å². The van der Waals surface area contributed by atoms with Gasteiger partial charge in [-0.25, -0.2) is 4.99 Å². The third-order valence-corrected chi connectivity index (χ3v) is 5.28. The third-order valence-electron chi connectivity index (χ3n) is 2.04. The van der Waals surface area contributed by atoms with Crippen LogP contribution in [0.3, 0.4) is 0 Å². The van der Waals surface area contributed by atoms with Crippen LogP contribution in [0.4, 0.5) is 0 Å². The van der Waals surface area contributed by atoms with Crippen molar-refractivity contribution in [1.82, 2.24) is 5.32 Å². The summed E-state index contributed by atoms with van der Waals surface area (Å²) in [7, 11) is -9.91. The zero-order chi connectivity index (χ0) is 12.4. The van der Waals surface area contributed by atoms with Crippen LogP contribution in [-0.2, 0) is 9.13 Å². The number of aliphatic imine (C=N–C) groups is 1. The fourth-order valence-corrected chi connectivity index (χ4v) is 3.48. The molecule has 16 heavy (non-hydrogen) atoms. The normalized spacial score (nSPS) is 21.2. The van der Waals surface area contributed by atoms with Crippen molar-refractivity contribution in [3.63, 3.8) is 0 Å². The van der Waals surface area contributed by atoms with Gasteiger partial charge < -0.3 is 24.9 Å². The number of hydrogen-bond donors (Lipinski definition) is 5. The highest BCUT2D eigenvalue weighted by molar-refractivity contribution is 7.70. The Morgan fingerprint density at radius 2 is 1.69 bits per heavy atom. The van der Waals surface area contributed by atoms with Gasteiger partial charge in [0.15, 0.2) is 0 Å². The van der Waals surface area contributed by atoms with Gasteiger partial charge in [-0.1, -0.05) is 0 Å². The van der Waals surface area contributed by atoms with E-state index in [1.165, 1.54) is 0 Å². The molecule has 1 saturated heterocycles. The van der Waals surface area contributed by atoms with E-state index < -0.39 is 20.7 Å². The van der Waals surface area contributed by atoms with Gasteiger partial charge >= 0.3 is 15.2 Å². The van der Waals surface area contributed by atoms with E-state index in [-0.39, 0.29) is 5.84 Å². The zero-order valence-corrected chi connectivity index (χ0v) is 10.1. The van der Waals surface area contributed by atoms with Crippen LogP contribution in [0.5, 0.6) is 0 Å².